The third kappa shape index (κ3) is 21.0. The van der Waals surface area contributed by atoms with E-state index in [1.54, 1.807) is 0 Å². The van der Waals surface area contributed by atoms with Gasteiger partial charge in [0.15, 0.2) is 0 Å². The van der Waals surface area contributed by atoms with Crippen molar-refractivity contribution < 1.29 is 14.3 Å². The minimum absolute atomic E-state index is 0.0107. The highest BCUT2D eigenvalue weighted by Crippen LogP contribution is 2.13. The summed E-state index contributed by atoms with van der Waals surface area (Å²) in [5.41, 5.74) is -0.0107. The molecule has 0 spiro atoms. The molecule has 0 rings (SSSR count). The van der Waals surface area contributed by atoms with Crippen molar-refractivity contribution >= 4 is 6.16 Å². The summed E-state index contributed by atoms with van der Waals surface area (Å²) in [4.78, 5) is 11.4. The molecule has 0 aromatic carbocycles. The largest absolute Gasteiger partial charge is 0.508 e. The van der Waals surface area contributed by atoms with Gasteiger partial charge in [0.1, 0.15) is 0 Å². The summed E-state index contributed by atoms with van der Waals surface area (Å²) < 4.78 is 10.1. The molecule has 0 bridgehead atoms. The molecular weight excluding hydrogens is 312 g/mol. The Hall–Kier alpha value is -0.990. The molecule has 0 unspecified atom stereocenters. The Morgan fingerprint density at radius 3 is 1.84 bits per heavy atom. The van der Waals surface area contributed by atoms with Gasteiger partial charge < -0.3 is 9.47 Å². The third-order valence-electron chi connectivity index (χ3n) is 4.00. The summed E-state index contributed by atoms with van der Waals surface area (Å²) in [6.45, 7) is 9.23. The lowest BCUT2D eigenvalue weighted by molar-refractivity contribution is 0.0323. The standard InChI is InChI=1S/C22H42O3/c1-5-6-7-8-9-10-11-12-13-14-15-16-17-18-19-24-21(23)25-20-22(2,3)4/h10-11H,5-9,12-20H2,1-4H3/b11-10-. The van der Waals surface area contributed by atoms with Gasteiger partial charge >= 0.3 is 6.16 Å². The SMILES string of the molecule is CCCCCC/C=C\CCCCCCCCOC(=O)OCC(C)(C)C. The minimum atomic E-state index is -0.531. The van der Waals surface area contributed by atoms with E-state index < -0.39 is 6.16 Å². The van der Waals surface area contributed by atoms with E-state index in [2.05, 4.69) is 19.1 Å². The summed E-state index contributed by atoms with van der Waals surface area (Å²) in [5.74, 6) is 0. The second-order valence-electron chi connectivity index (χ2n) is 8.18. The van der Waals surface area contributed by atoms with Crippen LogP contribution in [0.25, 0.3) is 0 Å². The zero-order valence-electron chi connectivity index (χ0n) is 17.3. The summed E-state index contributed by atoms with van der Waals surface area (Å²) >= 11 is 0. The molecule has 0 amide bonds. The molecule has 148 valence electrons. The van der Waals surface area contributed by atoms with Gasteiger partial charge in [-0.2, -0.15) is 0 Å². The fourth-order valence-electron chi connectivity index (χ4n) is 2.47. The highest BCUT2D eigenvalue weighted by Gasteiger charge is 2.14. The first-order valence-corrected chi connectivity index (χ1v) is 10.4. The number of ether oxygens (including phenoxy) is 2. The van der Waals surface area contributed by atoms with Crippen LogP contribution in [-0.2, 0) is 9.47 Å². The van der Waals surface area contributed by atoms with Crippen LogP contribution in [0.5, 0.6) is 0 Å². The smallest absolute Gasteiger partial charge is 0.434 e. The lowest BCUT2D eigenvalue weighted by Crippen LogP contribution is -2.19. The molecule has 0 aromatic heterocycles. The van der Waals surface area contributed by atoms with Gasteiger partial charge in [-0.25, -0.2) is 4.79 Å². The second-order valence-corrected chi connectivity index (χ2v) is 8.18. The molecule has 0 saturated carbocycles. The lowest BCUT2D eigenvalue weighted by Gasteiger charge is -2.17. The van der Waals surface area contributed by atoms with Crippen LogP contribution in [0.2, 0.25) is 0 Å². The van der Waals surface area contributed by atoms with Crippen LogP contribution in [0.15, 0.2) is 12.2 Å². The predicted octanol–water partition coefficient (Wildman–Crippen LogP) is 7.44. The number of unbranched alkanes of at least 4 members (excludes halogenated alkanes) is 10. The highest BCUT2D eigenvalue weighted by atomic mass is 16.7. The fraction of sp³-hybridized carbons (Fsp3) is 0.864. The Kier molecular flexibility index (Phi) is 15.8. The van der Waals surface area contributed by atoms with Gasteiger partial charge in [-0.05, 0) is 37.5 Å². The normalized spacial score (nSPS) is 11.8. The first-order chi connectivity index (χ1) is 12.0. The van der Waals surface area contributed by atoms with Gasteiger partial charge in [0, 0.05) is 0 Å². The van der Waals surface area contributed by atoms with E-state index in [-0.39, 0.29) is 5.41 Å². The van der Waals surface area contributed by atoms with Crippen molar-refractivity contribution in [3.05, 3.63) is 12.2 Å². The van der Waals surface area contributed by atoms with Crippen LogP contribution >= 0.6 is 0 Å². The molecule has 0 fully saturated rings. The Balaban J connectivity index is 3.23. The molecular formula is C22H42O3. The van der Waals surface area contributed by atoms with Gasteiger partial charge in [-0.3, -0.25) is 0 Å². The Labute approximate surface area is 156 Å². The van der Waals surface area contributed by atoms with E-state index in [0.717, 1.165) is 12.8 Å². The van der Waals surface area contributed by atoms with E-state index in [1.807, 2.05) is 20.8 Å². The number of allylic oxidation sites excluding steroid dienone is 2. The van der Waals surface area contributed by atoms with E-state index in [1.165, 1.54) is 64.2 Å². The molecule has 0 heterocycles. The zero-order chi connectivity index (χ0) is 18.8. The van der Waals surface area contributed by atoms with Crippen molar-refractivity contribution in [2.24, 2.45) is 5.41 Å². The number of rotatable bonds is 15. The molecule has 0 aliphatic carbocycles. The van der Waals surface area contributed by atoms with Gasteiger partial charge in [0.2, 0.25) is 0 Å². The average molecular weight is 355 g/mol. The number of hydrogen-bond donors (Lipinski definition) is 0. The van der Waals surface area contributed by atoms with Crippen LogP contribution < -0.4 is 0 Å². The topological polar surface area (TPSA) is 35.5 Å². The van der Waals surface area contributed by atoms with Gasteiger partial charge in [0.05, 0.1) is 13.2 Å². The molecule has 0 N–H and O–H groups in total. The molecule has 0 saturated heterocycles. The number of carbonyl (C=O) groups excluding carboxylic acids is 1. The summed E-state index contributed by atoms with van der Waals surface area (Å²) in [5, 5.41) is 0. The maximum Gasteiger partial charge on any atom is 0.508 e. The third-order valence-corrected chi connectivity index (χ3v) is 4.00. The van der Waals surface area contributed by atoms with Gasteiger partial charge in [-0.15, -0.1) is 0 Å². The maximum atomic E-state index is 11.4. The van der Waals surface area contributed by atoms with Crippen LogP contribution in [0.3, 0.4) is 0 Å². The lowest BCUT2D eigenvalue weighted by atomic mass is 9.99. The Morgan fingerprint density at radius 2 is 1.28 bits per heavy atom. The quantitative estimate of drug-likeness (QED) is 0.174. The summed E-state index contributed by atoms with van der Waals surface area (Å²) in [6.07, 6.45) is 19.2. The van der Waals surface area contributed by atoms with Crippen LogP contribution in [-0.4, -0.2) is 19.4 Å². The van der Waals surface area contributed by atoms with E-state index in [4.69, 9.17) is 9.47 Å². The van der Waals surface area contributed by atoms with Crippen LogP contribution in [0.4, 0.5) is 4.79 Å². The first kappa shape index (κ1) is 24.0. The number of hydrogen-bond acceptors (Lipinski definition) is 3. The zero-order valence-corrected chi connectivity index (χ0v) is 17.3. The second kappa shape index (κ2) is 16.5. The summed E-state index contributed by atoms with van der Waals surface area (Å²) in [7, 11) is 0. The predicted molar refractivity (Wildman–Crippen MR) is 107 cm³/mol. The van der Waals surface area contributed by atoms with E-state index in [0.29, 0.717) is 13.2 Å². The molecule has 0 aliphatic heterocycles. The number of carbonyl (C=O) groups is 1. The van der Waals surface area contributed by atoms with Crippen molar-refractivity contribution in [2.45, 2.75) is 105 Å². The summed E-state index contributed by atoms with van der Waals surface area (Å²) in [6, 6.07) is 0. The molecule has 25 heavy (non-hydrogen) atoms. The monoisotopic (exact) mass is 354 g/mol. The highest BCUT2D eigenvalue weighted by molar-refractivity contribution is 5.59. The molecule has 3 nitrogen and oxygen atoms in total. The Morgan fingerprint density at radius 1 is 0.760 bits per heavy atom. The molecule has 0 aromatic rings. The molecule has 3 heteroatoms. The molecule has 0 radical (unpaired) electrons. The van der Waals surface area contributed by atoms with Crippen LogP contribution in [0, 0.1) is 5.41 Å². The Bertz CT molecular complexity index is 329. The van der Waals surface area contributed by atoms with Crippen molar-refractivity contribution in [1.29, 1.82) is 0 Å². The minimum Gasteiger partial charge on any atom is -0.434 e. The van der Waals surface area contributed by atoms with E-state index in [9.17, 15) is 4.79 Å². The van der Waals surface area contributed by atoms with Gasteiger partial charge in [-0.1, -0.05) is 84.8 Å². The first-order valence-electron chi connectivity index (χ1n) is 10.4. The van der Waals surface area contributed by atoms with Crippen molar-refractivity contribution in [3.63, 3.8) is 0 Å². The van der Waals surface area contributed by atoms with E-state index >= 15 is 0 Å². The van der Waals surface area contributed by atoms with Crippen molar-refractivity contribution in [2.75, 3.05) is 13.2 Å². The fourth-order valence-corrected chi connectivity index (χ4v) is 2.47. The maximum absolute atomic E-state index is 11.4. The molecule has 0 atom stereocenters. The van der Waals surface area contributed by atoms with Crippen molar-refractivity contribution in [1.82, 2.24) is 0 Å². The average Bonchev–Trinajstić information content (AvgIpc) is 2.56. The van der Waals surface area contributed by atoms with Gasteiger partial charge in [0.25, 0.3) is 0 Å². The molecule has 0 aliphatic rings. The van der Waals surface area contributed by atoms with Crippen LogP contribution in [0.1, 0.15) is 105 Å². The van der Waals surface area contributed by atoms with Crippen molar-refractivity contribution in [3.8, 4) is 0 Å².